The second-order valence-corrected chi connectivity index (χ2v) is 38.6. The number of hydrogen-bond donors (Lipinski definition) is 5. The highest BCUT2D eigenvalue weighted by Crippen LogP contribution is 2.69. The van der Waals surface area contributed by atoms with E-state index in [1.54, 1.807) is 116 Å². The van der Waals surface area contributed by atoms with Gasteiger partial charge in [0.25, 0.3) is 0 Å². The normalized spacial score (nSPS) is 27.8. The Hall–Kier alpha value is -12.3. The minimum atomic E-state index is -4.61. The molecule has 6 aromatic rings. The first kappa shape index (κ1) is 114. The molecule has 15 saturated carbocycles. The highest BCUT2D eigenvalue weighted by molar-refractivity contribution is 5.94. The van der Waals surface area contributed by atoms with Crippen LogP contribution in [0.1, 0.15) is 248 Å². The van der Waals surface area contributed by atoms with Crippen LogP contribution in [0, 0.1) is 105 Å². The van der Waals surface area contributed by atoms with Crippen LogP contribution in [0.5, 0.6) is 17.2 Å². The van der Waals surface area contributed by atoms with Crippen molar-refractivity contribution in [3.05, 3.63) is 174 Å². The second kappa shape index (κ2) is 51.4. The molecular weight excluding hydrogens is 1820 g/mol. The van der Waals surface area contributed by atoms with E-state index in [4.69, 9.17) is 84.5 Å². The molecule has 5 N–H and O–H groups in total. The lowest BCUT2D eigenvalue weighted by Gasteiger charge is -2.57. The van der Waals surface area contributed by atoms with Crippen LogP contribution in [0.2, 0.25) is 0 Å². The molecule has 1 aliphatic heterocycles. The van der Waals surface area contributed by atoms with Gasteiger partial charge in [-0.3, -0.25) is 9.59 Å². The van der Waals surface area contributed by atoms with Gasteiger partial charge < -0.3 is 119 Å². The number of carboxylic acid groups (broad SMARTS) is 10. The minimum Gasteiger partial charge on any atom is -0.550 e. The fraction of sp³-hybridized carbons (Fsp3) is 0.544. The molecular formula is C103H122F6O29-8. The zero-order chi connectivity index (χ0) is 103. The van der Waals surface area contributed by atoms with Crippen molar-refractivity contribution in [2.24, 2.45) is 105 Å². The Morgan fingerprint density at radius 2 is 0.681 bits per heavy atom. The number of para-hydroxylation sites is 1. The smallest absolute Gasteiger partial charge is 0.416 e. The molecule has 138 heavy (non-hydrogen) atoms. The summed E-state index contributed by atoms with van der Waals surface area (Å²) >= 11 is 0. The van der Waals surface area contributed by atoms with Crippen LogP contribution in [0.15, 0.2) is 152 Å². The monoisotopic (exact) mass is 1940 g/mol. The van der Waals surface area contributed by atoms with E-state index < -0.39 is 153 Å². The lowest BCUT2D eigenvalue weighted by molar-refractivity contribution is -0.327. The van der Waals surface area contributed by atoms with Gasteiger partial charge in [0.2, 0.25) is 5.60 Å². The Morgan fingerprint density at radius 1 is 0.377 bits per heavy atom. The SMILES string of the molecule is C1CC2CC1C1C3CCC(C3)C21.C1CC2CCC1C2.CC(=O)[O-].CC(=O)[O-].CC(=O)[O-].CC(=O)[O-].CC(=O)[O-].CC12CCC(C(=O)OCC(=O)[O-])(OC1=O)C2(C)C.O=C(O)c1cc(C(F)(F)F)ccc1O.O=C(O)c1ccc(C(F)(F)F)cc1O.O=C([O-])C12CC3CC(CC(C3)C1)C2.O=C([O-])COC(=O)C12CC3CC(CC(C3)C1)C2.Oc1ccccc1.c1ccc2ccccc2c1.c1ccccc1. The van der Waals surface area contributed by atoms with Gasteiger partial charge in [-0.05, 0) is 319 Å². The Balaban J connectivity index is 0.000000232. The zero-order valence-corrected chi connectivity index (χ0v) is 78.4. The van der Waals surface area contributed by atoms with E-state index >= 15 is 0 Å². The quantitative estimate of drug-likeness (QED) is 0.0389. The zero-order valence-electron chi connectivity index (χ0n) is 78.4. The van der Waals surface area contributed by atoms with E-state index in [9.17, 15) is 80.0 Å². The number of aliphatic carboxylic acids is 8. The summed E-state index contributed by atoms with van der Waals surface area (Å²) in [7, 11) is 0. The second-order valence-electron chi connectivity index (χ2n) is 38.6. The number of fused-ring (bicyclic) bond motifs is 14. The molecule has 758 valence electrons. The van der Waals surface area contributed by atoms with Crippen molar-refractivity contribution in [3.8, 4) is 17.2 Å². The van der Waals surface area contributed by atoms with Gasteiger partial charge in [-0.25, -0.2) is 14.4 Å². The molecule has 0 amide bonds. The Bertz CT molecular complexity index is 4780. The van der Waals surface area contributed by atoms with Crippen LogP contribution < -0.4 is 40.9 Å². The summed E-state index contributed by atoms with van der Waals surface area (Å²) < 4.78 is 87.2. The van der Waals surface area contributed by atoms with Crippen molar-refractivity contribution in [3.63, 3.8) is 0 Å². The van der Waals surface area contributed by atoms with E-state index in [1.165, 1.54) is 96.6 Å². The largest absolute Gasteiger partial charge is 0.550 e. The van der Waals surface area contributed by atoms with Crippen molar-refractivity contribution in [2.45, 2.75) is 234 Å². The van der Waals surface area contributed by atoms with Crippen LogP contribution in [-0.4, -0.2) is 122 Å². The van der Waals surface area contributed by atoms with Crippen molar-refractivity contribution in [2.75, 3.05) is 13.2 Å². The van der Waals surface area contributed by atoms with Crippen molar-refractivity contribution in [1.82, 2.24) is 0 Å². The molecule has 35 heteroatoms. The summed E-state index contributed by atoms with van der Waals surface area (Å²) in [5, 5.41) is 122. The summed E-state index contributed by atoms with van der Waals surface area (Å²) in [5.41, 5.74) is -7.08. The maximum absolute atomic E-state index is 12.1. The number of carbonyl (C=O) groups excluding carboxylic acids is 11. The van der Waals surface area contributed by atoms with E-state index in [2.05, 4.69) is 53.3 Å². The number of carboxylic acids is 10. The lowest BCUT2D eigenvalue weighted by Crippen LogP contribution is -2.54. The molecule has 6 atom stereocenters. The number of ether oxygens (including phenoxy) is 3. The van der Waals surface area contributed by atoms with Crippen molar-refractivity contribution in [1.29, 1.82) is 0 Å². The first-order valence-electron chi connectivity index (χ1n) is 46.0. The van der Waals surface area contributed by atoms with Gasteiger partial charge >= 0.3 is 42.2 Å². The molecule has 1 heterocycles. The van der Waals surface area contributed by atoms with Gasteiger partial charge in [-0.2, -0.15) is 26.3 Å². The molecule has 29 nitrogen and oxygen atoms in total. The maximum Gasteiger partial charge on any atom is 0.416 e. The van der Waals surface area contributed by atoms with Gasteiger partial charge in [0.05, 0.1) is 33.9 Å². The number of alkyl halides is 6. The average molecular weight is 1940 g/mol. The number of halogens is 6. The van der Waals surface area contributed by atoms with Gasteiger partial charge in [0.1, 0.15) is 41.6 Å². The van der Waals surface area contributed by atoms with E-state index in [0.29, 0.717) is 90.5 Å². The molecule has 16 bridgehead atoms. The van der Waals surface area contributed by atoms with Crippen LogP contribution in [0.4, 0.5) is 26.3 Å². The number of aromatic hydroxyl groups is 3. The maximum atomic E-state index is 12.1. The minimum absolute atomic E-state index is 0.291. The summed E-state index contributed by atoms with van der Waals surface area (Å²) in [6.07, 6.45) is 22.4. The number of phenols is 3. The van der Waals surface area contributed by atoms with E-state index in [0.717, 1.165) is 73.1 Å². The van der Waals surface area contributed by atoms with Crippen LogP contribution >= 0.6 is 0 Å². The lowest BCUT2D eigenvalue weighted by atomic mass is 9.49. The molecule has 6 unspecified atom stereocenters. The van der Waals surface area contributed by atoms with Crippen LogP contribution in [0.3, 0.4) is 0 Å². The van der Waals surface area contributed by atoms with Crippen LogP contribution in [0.25, 0.3) is 10.8 Å². The number of aromatic carboxylic acids is 2. The predicted molar refractivity (Wildman–Crippen MR) is 469 cm³/mol. The van der Waals surface area contributed by atoms with Crippen molar-refractivity contribution >= 4 is 88.4 Å². The molecule has 6 aromatic carbocycles. The van der Waals surface area contributed by atoms with Crippen molar-refractivity contribution < 1.29 is 169 Å². The van der Waals surface area contributed by atoms with Gasteiger partial charge in [0, 0.05) is 46.6 Å². The topological polar surface area (TPSA) is 535 Å². The first-order chi connectivity index (χ1) is 64.5. The molecule has 22 rings (SSSR count). The summed E-state index contributed by atoms with van der Waals surface area (Å²) in [4.78, 5) is 133. The highest BCUT2D eigenvalue weighted by atomic mass is 19.4. The molecule has 0 aromatic heterocycles. The molecule has 0 spiro atoms. The number of carbonyl (C=O) groups is 13. The number of rotatable bonds is 9. The average Bonchev–Trinajstić information content (AvgIpc) is 1.52. The molecule has 0 radical (unpaired) electrons. The molecule has 1 saturated heterocycles. The summed E-state index contributed by atoms with van der Waals surface area (Å²) in [5.74, 6) is -1.07. The number of esters is 3. The van der Waals surface area contributed by atoms with Gasteiger partial charge in [-0.15, -0.1) is 0 Å². The fourth-order valence-corrected chi connectivity index (χ4v) is 23.4. The molecule has 15 aliphatic carbocycles. The Morgan fingerprint density at radius 3 is 0.949 bits per heavy atom. The third kappa shape index (κ3) is 33.5. The Kier molecular flexibility index (Phi) is 42.6. The molecule has 16 aliphatic rings. The van der Waals surface area contributed by atoms with Gasteiger partial charge in [0.15, 0.2) is 0 Å². The highest BCUT2D eigenvalue weighted by Gasteiger charge is 2.76. The van der Waals surface area contributed by atoms with Gasteiger partial charge in [-0.1, -0.05) is 143 Å². The Labute approximate surface area is 796 Å². The fourth-order valence-electron chi connectivity index (χ4n) is 23.4. The summed E-state index contributed by atoms with van der Waals surface area (Å²) in [6.45, 7) is 8.73. The van der Waals surface area contributed by atoms with E-state index in [1.807, 2.05) is 42.5 Å². The third-order valence-electron chi connectivity index (χ3n) is 28.5. The molecule has 16 fully saturated rings. The third-order valence-corrected chi connectivity index (χ3v) is 28.5. The van der Waals surface area contributed by atoms with Crippen LogP contribution in [-0.2, 0) is 79.3 Å². The van der Waals surface area contributed by atoms with E-state index in [-0.39, 0.29) is 11.4 Å². The number of phenolic OH excluding ortho intramolecular Hbond substituents is 1. The number of hydrogen-bond acceptors (Lipinski definition) is 27. The standard InChI is InChI=1S/C13H18O4.C12H16O6.C12H18.C11H16O2.C10H8.2C8H5F3O3.C7H12.C6H6O.C6H6.5C2H4O2/c14-11(15)7-17-12(16)13-4-8-1-9(5-13)3-10(2-8)6-13;1-10(2)11(3)4-5-12(10,18-8(11)15)9(16)17-6-7(13)14;1-2-8-5-7(1)11-9-3-4-10(6-9)12(8)11;12-10(13)11-4-7-1-8(5-11)3-9(2-7)6-11;1-2-6-10-8-4-3-7-9(10)5-1;9-8(10,11)4-1-2-6(12)5(3-4)7(13)14;9-8(10,11)4-1-2-5(7(13)14)6(12)3-4;1-2-7-4-3-6(1)5-7;7-6-4-2-1-3-5-6;1-2-4-6-5-3-1;5*1-2(3)4/h8-10H,1-7H2,(H,14,15);4-6H2,1-3H3,(H,13,14);7-12H,1-6H2;7-9H,1-6H2,(H,12,13);1-8H;2*1-3,12H,(H,13,14);6-7H,1-5H2;1-5,7H;1-6H;5*1H3,(H,3,4)/p-8. The number of benzene rings is 6. The first-order valence-corrected chi connectivity index (χ1v) is 46.0. The summed E-state index contributed by atoms with van der Waals surface area (Å²) in [6, 6.07) is 40.8. The predicted octanol–water partition coefficient (Wildman–Crippen LogP) is 10.0.